The molecule has 0 saturated heterocycles. The third-order valence-electron chi connectivity index (χ3n) is 4.31. The standard InChI is InChI=1S/C15H21ClFNO/c1-4-15(3)13(9-14(15)19-5-2)18-12-7-10(16)6-11(17)8-12/h6-8,13-14,18H,4-5,9H2,1-3H3. The van der Waals surface area contributed by atoms with Crippen molar-refractivity contribution in [1.82, 2.24) is 0 Å². The first-order valence-corrected chi connectivity index (χ1v) is 7.21. The van der Waals surface area contributed by atoms with E-state index in [0.717, 1.165) is 25.1 Å². The fourth-order valence-electron chi connectivity index (χ4n) is 2.81. The van der Waals surface area contributed by atoms with E-state index in [1.54, 1.807) is 6.07 Å². The molecule has 0 heterocycles. The SMILES string of the molecule is CCOC1CC(Nc2cc(F)cc(Cl)c2)C1(C)CC. The van der Waals surface area contributed by atoms with Gasteiger partial charge in [0.05, 0.1) is 6.10 Å². The zero-order chi connectivity index (χ0) is 14.0. The van der Waals surface area contributed by atoms with E-state index < -0.39 is 0 Å². The van der Waals surface area contributed by atoms with Crippen molar-refractivity contribution in [1.29, 1.82) is 0 Å². The highest BCUT2D eigenvalue weighted by molar-refractivity contribution is 6.30. The predicted octanol–water partition coefficient (Wildman–Crippen LogP) is 4.48. The zero-order valence-electron chi connectivity index (χ0n) is 11.7. The van der Waals surface area contributed by atoms with Gasteiger partial charge < -0.3 is 10.1 Å². The lowest BCUT2D eigenvalue weighted by Crippen LogP contribution is -2.59. The molecule has 1 aliphatic carbocycles. The fraction of sp³-hybridized carbons (Fsp3) is 0.600. The second-order valence-electron chi connectivity index (χ2n) is 5.39. The molecule has 2 nitrogen and oxygen atoms in total. The van der Waals surface area contributed by atoms with Gasteiger partial charge in [0.15, 0.2) is 0 Å². The van der Waals surface area contributed by atoms with Crippen molar-refractivity contribution in [2.24, 2.45) is 5.41 Å². The molecule has 1 fully saturated rings. The summed E-state index contributed by atoms with van der Waals surface area (Å²) in [7, 11) is 0. The van der Waals surface area contributed by atoms with Gasteiger partial charge in [0, 0.05) is 28.8 Å². The van der Waals surface area contributed by atoms with Crippen molar-refractivity contribution < 1.29 is 9.13 Å². The van der Waals surface area contributed by atoms with Crippen LogP contribution in [0.2, 0.25) is 5.02 Å². The monoisotopic (exact) mass is 285 g/mol. The predicted molar refractivity (Wildman–Crippen MR) is 77.2 cm³/mol. The molecular weight excluding hydrogens is 265 g/mol. The van der Waals surface area contributed by atoms with Gasteiger partial charge in [-0.25, -0.2) is 4.39 Å². The van der Waals surface area contributed by atoms with Gasteiger partial charge >= 0.3 is 0 Å². The summed E-state index contributed by atoms with van der Waals surface area (Å²) in [6.07, 6.45) is 2.26. The summed E-state index contributed by atoms with van der Waals surface area (Å²) in [4.78, 5) is 0. The number of nitrogens with one attached hydrogen (secondary N) is 1. The van der Waals surface area contributed by atoms with Crippen molar-refractivity contribution in [3.8, 4) is 0 Å². The number of hydrogen-bond donors (Lipinski definition) is 1. The summed E-state index contributed by atoms with van der Waals surface area (Å²) in [6.45, 7) is 7.13. The van der Waals surface area contributed by atoms with Crippen LogP contribution in [0.15, 0.2) is 18.2 Å². The van der Waals surface area contributed by atoms with Gasteiger partial charge in [0.25, 0.3) is 0 Å². The Morgan fingerprint density at radius 2 is 2.16 bits per heavy atom. The Morgan fingerprint density at radius 1 is 1.42 bits per heavy atom. The highest BCUT2D eigenvalue weighted by Crippen LogP contribution is 2.47. The molecule has 0 aromatic heterocycles. The van der Waals surface area contributed by atoms with Crippen molar-refractivity contribution in [2.45, 2.75) is 45.8 Å². The number of halogens is 2. The van der Waals surface area contributed by atoms with Crippen molar-refractivity contribution in [2.75, 3.05) is 11.9 Å². The molecular formula is C15H21ClFNO. The van der Waals surface area contributed by atoms with Gasteiger partial charge in [0.2, 0.25) is 0 Å². The maximum atomic E-state index is 13.3. The Balaban J connectivity index is 2.07. The van der Waals surface area contributed by atoms with Gasteiger partial charge in [-0.15, -0.1) is 0 Å². The number of benzene rings is 1. The molecule has 0 bridgehead atoms. The second-order valence-corrected chi connectivity index (χ2v) is 5.83. The lowest BCUT2D eigenvalue weighted by molar-refractivity contribution is -0.109. The number of anilines is 1. The van der Waals surface area contributed by atoms with Crippen LogP contribution in [0.25, 0.3) is 0 Å². The minimum absolute atomic E-state index is 0.0921. The van der Waals surface area contributed by atoms with Gasteiger partial charge in [-0.2, -0.15) is 0 Å². The van der Waals surface area contributed by atoms with E-state index in [0.29, 0.717) is 11.1 Å². The Hall–Kier alpha value is -0.800. The first-order chi connectivity index (χ1) is 8.99. The van der Waals surface area contributed by atoms with E-state index in [4.69, 9.17) is 16.3 Å². The summed E-state index contributed by atoms with van der Waals surface area (Å²) in [5, 5.41) is 3.80. The maximum absolute atomic E-state index is 13.3. The Morgan fingerprint density at radius 3 is 2.74 bits per heavy atom. The third-order valence-corrected chi connectivity index (χ3v) is 4.53. The molecule has 0 aliphatic heterocycles. The molecule has 1 N–H and O–H groups in total. The summed E-state index contributed by atoms with van der Waals surface area (Å²) >= 11 is 5.87. The van der Waals surface area contributed by atoms with Crippen LogP contribution in [0, 0.1) is 11.2 Å². The molecule has 106 valence electrons. The van der Waals surface area contributed by atoms with Crippen LogP contribution in [0.4, 0.5) is 10.1 Å². The Labute approximate surface area is 119 Å². The van der Waals surface area contributed by atoms with Crippen molar-refractivity contribution in [3.63, 3.8) is 0 Å². The zero-order valence-corrected chi connectivity index (χ0v) is 12.4. The van der Waals surface area contributed by atoms with Gasteiger partial charge in [-0.05, 0) is 38.0 Å². The van der Waals surface area contributed by atoms with Gasteiger partial charge in [-0.3, -0.25) is 0 Å². The minimum Gasteiger partial charge on any atom is -0.381 e. The van der Waals surface area contributed by atoms with Crippen LogP contribution < -0.4 is 5.32 Å². The van der Waals surface area contributed by atoms with Crippen LogP contribution in [0.3, 0.4) is 0 Å². The smallest absolute Gasteiger partial charge is 0.126 e. The average Bonchev–Trinajstić information content (AvgIpc) is 2.35. The molecule has 0 amide bonds. The average molecular weight is 286 g/mol. The third kappa shape index (κ3) is 2.87. The quantitative estimate of drug-likeness (QED) is 0.861. The van der Waals surface area contributed by atoms with Crippen LogP contribution in [-0.4, -0.2) is 18.8 Å². The minimum atomic E-state index is -0.311. The molecule has 1 saturated carbocycles. The topological polar surface area (TPSA) is 21.3 Å². The first-order valence-electron chi connectivity index (χ1n) is 6.83. The number of ether oxygens (including phenoxy) is 1. The van der Waals surface area contributed by atoms with E-state index in [1.807, 2.05) is 6.92 Å². The summed E-state index contributed by atoms with van der Waals surface area (Å²) in [5.74, 6) is -0.311. The van der Waals surface area contributed by atoms with Gasteiger partial charge in [0.1, 0.15) is 5.82 Å². The molecule has 3 atom stereocenters. The second kappa shape index (κ2) is 5.68. The molecule has 1 aliphatic rings. The lowest BCUT2D eigenvalue weighted by atomic mass is 9.61. The van der Waals surface area contributed by atoms with Crippen LogP contribution in [0.1, 0.15) is 33.6 Å². The number of rotatable bonds is 5. The molecule has 1 aromatic rings. The van der Waals surface area contributed by atoms with E-state index in [1.165, 1.54) is 12.1 Å². The van der Waals surface area contributed by atoms with E-state index in [-0.39, 0.29) is 17.3 Å². The molecule has 2 rings (SSSR count). The Bertz CT molecular complexity index is 434. The first kappa shape index (κ1) is 14.6. The lowest BCUT2D eigenvalue weighted by Gasteiger charge is -2.54. The molecule has 19 heavy (non-hydrogen) atoms. The summed E-state index contributed by atoms with van der Waals surface area (Å²) < 4.78 is 19.1. The Kier molecular flexibility index (Phi) is 4.36. The summed E-state index contributed by atoms with van der Waals surface area (Å²) in [5.41, 5.74) is 0.832. The number of hydrogen-bond acceptors (Lipinski definition) is 2. The van der Waals surface area contributed by atoms with E-state index >= 15 is 0 Å². The largest absolute Gasteiger partial charge is 0.381 e. The maximum Gasteiger partial charge on any atom is 0.126 e. The molecule has 4 heteroatoms. The van der Waals surface area contributed by atoms with Crippen LogP contribution in [0.5, 0.6) is 0 Å². The van der Waals surface area contributed by atoms with Crippen molar-refractivity contribution >= 4 is 17.3 Å². The normalized spacial score (nSPS) is 29.9. The highest BCUT2D eigenvalue weighted by Gasteiger charge is 2.51. The molecule has 1 aromatic carbocycles. The van der Waals surface area contributed by atoms with Gasteiger partial charge in [-0.1, -0.05) is 25.4 Å². The van der Waals surface area contributed by atoms with Crippen LogP contribution in [-0.2, 0) is 4.74 Å². The van der Waals surface area contributed by atoms with Crippen LogP contribution >= 0.6 is 11.6 Å². The van der Waals surface area contributed by atoms with Crippen molar-refractivity contribution in [3.05, 3.63) is 29.0 Å². The summed E-state index contributed by atoms with van der Waals surface area (Å²) in [6, 6.07) is 4.85. The molecule has 3 unspecified atom stereocenters. The van der Waals surface area contributed by atoms with E-state index in [9.17, 15) is 4.39 Å². The van der Waals surface area contributed by atoms with E-state index in [2.05, 4.69) is 19.2 Å². The fourth-order valence-corrected chi connectivity index (χ4v) is 3.03. The molecule has 0 spiro atoms. The highest BCUT2D eigenvalue weighted by atomic mass is 35.5. The molecule has 0 radical (unpaired) electrons.